The summed E-state index contributed by atoms with van der Waals surface area (Å²) in [7, 11) is 0. The molecule has 4 heteroatoms. The van der Waals surface area contributed by atoms with E-state index in [0.717, 1.165) is 29.1 Å². The predicted molar refractivity (Wildman–Crippen MR) is 77.5 cm³/mol. The first-order valence-electron chi connectivity index (χ1n) is 6.53. The fourth-order valence-electron chi connectivity index (χ4n) is 2.85. The molecule has 0 saturated carbocycles. The van der Waals surface area contributed by atoms with Gasteiger partial charge in [0.25, 0.3) is 0 Å². The smallest absolute Gasteiger partial charge is 0.203 e. The number of hydrogen-bond acceptors (Lipinski definition) is 4. The van der Waals surface area contributed by atoms with Gasteiger partial charge >= 0.3 is 0 Å². The number of aryl methyl sites for hydroxylation is 1. The monoisotopic (exact) mass is 270 g/mol. The van der Waals surface area contributed by atoms with Crippen LogP contribution in [0.4, 0.5) is 5.69 Å². The quantitative estimate of drug-likeness (QED) is 0.681. The predicted octanol–water partition coefficient (Wildman–Crippen LogP) is 3.94. The molecule has 0 bridgehead atoms. The Labute approximate surface area is 115 Å². The number of benzene rings is 1. The van der Waals surface area contributed by atoms with Crippen LogP contribution in [0.1, 0.15) is 35.1 Å². The van der Waals surface area contributed by atoms with Gasteiger partial charge < -0.3 is 10.2 Å². The van der Waals surface area contributed by atoms with Crippen LogP contribution in [-0.2, 0) is 6.42 Å². The Balaban J connectivity index is 1.83. The molecule has 2 heterocycles. The number of nitrogens with zero attached hydrogens (tertiary/aromatic N) is 1. The van der Waals surface area contributed by atoms with Crippen molar-refractivity contribution >= 4 is 28.1 Å². The second kappa shape index (κ2) is 4.10. The Bertz CT molecular complexity index is 744. The molecule has 0 amide bonds. The highest BCUT2D eigenvalue weighted by atomic mass is 32.1. The summed E-state index contributed by atoms with van der Waals surface area (Å²) >= 11 is 1.84. The van der Waals surface area contributed by atoms with Gasteiger partial charge in [-0.2, -0.15) is 0 Å². The zero-order chi connectivity index (χ0) is 12.8. The molecule has 1 aliphatic carbocycles. The minimum absolute atomic E-state index is 0.309. The lowest BCUT2D eigenvalue weighted by molar-refractivity contribution is 0.467. The van der Waals surface area contributed by atoms with Crippen molar-refractivity contribution in [3.05, 3.63) is 46.0 Å². The third-order valence-electron chi connectivity index (χ3n) is 3.78. The summed E-state index contributed by atoms with van der Waals surface area (Å²) in [5, 5.41) is 2.17. The maximum Gasteiger partial charge on any atom is 0.203 e. The van der Waals surface area contributed by atoms with Crippen LogP contribution in [0.25, 0.3) is 11.1 Å². The van der Waals surface area contributed by atoms with E-state index in [1.54, 1.807) is 0 Å². The van der Waals surface area contributed by atoms with E-state index < -0.39 is 0 Å². The summed E-state index contributed by atoms with van der Waals surface area (Å²) < 4.78 is 5.93. The van der Waals surface area contributed by atoms with Crippen molar-refractivity contribution < 1.29 is 4.42 Å². The lowest BCUT2D eigenvalue weighted by Crippen LogP contribution is -2.08. The first-order chi connectivity index (χ1) is 9.31. The number of thiophene rings is 1. The van der Waals surface area contributed by atoms with E-state index in [1.807, 2.05) is 29.5 Å². The molecule has 0 saturated heterocycles. The molecule has 3 aromatic rings. The van der Waals surface area contributed by atoms with Gasteiger partial charge in [0, 0.05) is 16.6 Å². The molecule has 1 aromatic carbocycles. The van der Waals surface area contributed by atoms with Crippen molar-refractivity contribution in [2.75, 3.05) is 5.73 Å². The van der Waals surface area contributed by atoms with Gasteiger partial charge in [-0.15, -0.1) is 11.3 Å². The number of fused-ring (bicyclic) bond motifs is 2. The topological polar surface area (TPSA) is 52.0 Å². The number of hydrogen-bond donors (Lipinski definition) is 1. The third kappa shape index (κ3) is 1.75. The highest BCUT2D eigenvalue weighted by Gasteiger charge is 2.26. The van der Waals surface area contributed by atoms with Gasteiger partial charge in [-0.25, -0.2) is 4.98 Å². The molecule has 0 radical (unpaired) electrons. The van der Waals surface area contributed by atoms with Gasteiger partial charge in [0.1, 0.15) is 5.52 Å². The molecule has 2 aromatic heterocycles. The average molecular weight is 270 g/mol. The van der Waals surface area contributed by atoms with Gasteiger partial charge in [-0.05, 0) is 48.4 Å². The number of anilines is 1. The molecule has 0 aliphatic heterocycles. The van der Waals surface area contributed by atoms with Crippen LogP contribution >= 0.6 is 11.3 Å². The first kappa shape index (κ1) is 11.1. The second-order valence-electron chi connectivity index (χ2n) is 5.02. The number of nitrogen functional groups attached to an aromatic ring is 1. The number of rotatable bonds is 1. The Morgan fingerprint density at radius 1 is 1.32 bits per heavy atom. The highest BCUT2D eigenvalue weighted by molar-refractivity contribution is 7.10. The normalized spacial score (nSPS) is 18.6. The van der Waals surface area contributed by atoms with Gasteiger partial charge in [-0.1, -0.05) is 0 Å². The Morgan fingerprint density at radius 3 is 3.21 bits per heavy atom. The van der Waals surface area contributed by atoms with Crippen LogP contribution < -0.4 is 5.73 Å². The lowest BCUT2D eigenvalue weighted by atomic mass is 9.88. The fraction of sp³-hybridized carbons (Fsp3) is 0.267. The van der Waals surface area contributed by atoms with Gasteiger partial charge in [0.05, 0.1) is 5.92 Å². The van der Waals surface area contributed by atoms with Crippen LogP contribution in [0, 0.1) is 0 Å². The molecule has 0 fully saturated rings. The fourth-order valence-corrected chi connectivity index (χ4v) is 3.84. The molecule has 3 nitrogen and oxygen atoms in total. The lowest BCUT2D eigenvalue weighted by Gasteiger charge is -2.19. The van der Waals surface area contributed by atoms with Crippen LogP contribution in [0.5, 0.6) is 0 Å². The Morgan fingerprint density at radius 2 is 2.26 bits per heavy atom. The van der Waals surface area contributed by atoms with Crippen LogP contribution in [0.3, 0.4) is 0 Å². The van der Waals surface area contributed by atoms with E-state index >= 15 is 0 Å². The van der Waals surface area contributed by atoms with Crippen LogP contribution in [-0.4, -0.2) is 4.98 Å². The van der Waals surface area contributed by atoms with E-state index in [4.69, 9.17) is 10.2 Å². The molecular formula is C15H14N2OS. The van der Waals surface area contributed by atoms with Crippen molar-refractivity contribution in [1.82, 2.24) is 4.98 Å². The van der Waals surface area contributed by atoms with Crippen LogP contribution in [0.2, 0.25) is 0 Å². The van der Waals surface area contributed by atoms with Gasteiger partial charge in [0.15, 0.2) is 5.58 Å². The van der Waals surface area contributed by atoms with E-state index in [0.29, 0.717) is 5.92 Å². The summed E-state index contributed by atoms with van der Waals surface area (Å²) in [5.74, 6) is 1.14. The summed E-state index contributed by atoms with van der Waals surface area (Å²) in [5.41, 5.74) is 9.59. The zero-order valence-electron chi connectivity index (χ0n) is 10.4. The second-order valence-corrected chi connectivity index (χ2v) is 6.02. The van der Waals surface area contributed by atoms with Crippen molar-refractivity contribution in [2.24, 2.45) is 0 Å². The summed E-state index contributed by atoms with van der Waals surface area (Å²) in [6, 6.07) is 7.86. The first-order valence-corrected chi connectivity index (χ1v) is 7.41. The van der Waals surface area contributed by atoms with E-state index in [1.165, 1.54) is 23.3 Å². The summed E-state index contributed by atoms with van der Waals surface area (Å²) in [6.45, 7) is 0. The molecule has 1 unspecified atom stereocenters. The SMILES string of the molecule is Nc1ccc2nc(C3CCCc4sccc43)oc2c1. The highest BCUT2D eigenvalue weighted by Crippen LogP contribution is 2.39. The molecule has 19 heavy (non-hydrogen) atoms. The van der Waals surface area contributed by atoms with Crippen molar-refractivity contribution in [2.45, 2.75) is 25.2 Å². The summed E-state index contributed by atoms with van der Waals surface area (Å²) in [6.07, 6.45) is 3.52. The van der Waals surface area contributed by atoms with Crippen molar-refractivity contribution in [3.63, 3.8) is 0 Å². The van der Waals surface area contributed by atoms with Gasteiger partial charge in [0.2, 0.25) is 5.89 Å². The van der Waals surface area contributed by atoms with E-state index in [-0.39, 0.29) is 0 Å². The van der Waals surface area contributed by atoms with E-state index in [2.05, 4.69) is 16.4 Å². The molecule has 1 atom stereocenters. The Kier molecular flexibility index (Phi) is 2.38. The Hall–Kier alpha value is -1.81. The minimum atomic E-state index is 0.309. The molecule has 2 N–H and O–H groups in total. The number of aromatic nitrogens is 1. The molecule has 1 aliphatic rings. The zero-order valence-corrected chi connectivity index (χ0v) is 11.2. The van der Waals surface area contributed by atoms with Gasteiger partial charge in [-0.3, -0.25) is 0 Å². The van der Waals surface area contributed by atoms with Crippen molar-refractivity contribution in [1.29, 1.82) is 0 Å². The maximum absolute atomic E-state index is 5.93. The number of nitrogens with two attached hydrogens (primary N) is 1. The molecule has 4 rings (SSSR count). The van der Waals surface area contributed by atoms with E-state index in [9.17, 15) is 0 Å². The minimum Gasteiger partial charge on any atom is -0.440 e. The largest absolute Gasteiger partial charge is 0.440 e. The molecule has 96 valence electrons. The third-order valence-corrected chi connectivity index (χ3v) is 4.78. The van der Waals surface area contributed by atoms with Crippen LogP contribution in [0.15, 0.2) is 34.1 Å². The number of oxazole rings is 1. The summed E-state index contributed by atoms with van der Waals surface area (Å²) in [4.78, 5) is 6.12. The standard InChI is InChI=1S/C15H14N2OS/c16-9-4-5-12-13(8-9)18-15(17-12)11-2-1-3-14-10(11)6-7-19-14/h4-8,11H,1-3,16H2. The average Bonchev–Trinajstić information content (AvgIpc) is 3.03. The van der Waals surface area contributed by atoms with Crippen molar-refractivity contribution in [3.8, 4) is 0 Å². The molecular weight excluding hydrogens is 256 g/mol. The molecule has 0 spiro atoms. The maximum atomic E-state index is 5.93.